The topological polar surface area (TPSA) is 0 Å². The molecule has 0 heterocycles. The molecule has 0 aliphatic rings. The van der Waals surface area contributed by atoms with Crippen molar-refractivity contribution in [1.29, 1.82) is 0 Å². The highest BCUT2D eigenvalue weighted by Gasteiger charge is 1.85. The Balaban J connectivity index is 3.56. The molecule has 0 aliphatic heterocycles. The number of rotatable bonds is 4. The van der Waals surface area contributed by atoms with Crippen molar-refractivity contribution in [2.45, 2.75) is 39.5 Å². The van der Waals surface area contributed by atoms with Gasteiger partial charge in [-0.3, -0.25) is 0 Å². The van der Waals surface area contributed by atoms with Crippen LogP contribution in [0.5, 0.6) is 0 Å². The number of allylic oxidation sites excluding steroid dienone is 2. The molecular formula is C10H16. The first kappa shape index (κ1) is 9.30. The molecule has 0 saturated carbocycles. The lowest BCUT2D eigenvalue weighted by molar-refractivity contribution is 0.810. The Kier molecular flexibility index (Phi) is 5.97. The average molecular weight is 136 g/mol. The molecule has 0 rings (SSSR count). The fraction of sp³-hybridized carbons (Fsp3) is 0.600. The molecule has 0 amide bonds. The Bertz CT molecular complexity index is 135. The summed E-state index contributed by atoms with van der Waals surface area (Å²) >= 11 is 0. The molecule has 10 heavy (non-hydrogen) atoms. The highest BCUT2D eigenvalue weighted by Crippen LogP contribution is 2.03. The molecule has 56 valence electrons. The molecule has 0 heteroatoms. The smallest absolute Gasteiger partial charge is 0.00250 e. The van der Waals surface area contributed by atoms with Crippen molar-refractivity contribution in [3.63, 3.8) is 0 Å². The maximum Gasteiger partial charge on any atom is -0.00250 e. The standard InChI is InChI=1S/C10H16/c1-4-7-8-9-10(5-2)6-3/h2,9H,4,6-8H2,1,3H3. The third kappa shape index (κ3) is 4.21. The van der Waals surface area contributed by atoms with Crippen molar-refractivity contribution < 1.29 is 0 Å². The Hall–Kier alpha value is -0.700. The Labute approximate surface area is 64.3 Å². The highest BCUT2D eigenvalue weighted by atomic mass is 13.9. The second-order valence-corrected chi connectivity index (χ2v) is 2.37. The minimum absolute atomic E-state index is 1.00. The largest absolute Gasteiger partial charge is 0.115 e. The zero-order chi connectivity index (χ0) is 7.82. The Morgan fingerprint density at radius 2 is 2.20 bits per heavy atom. The molecule has 0 atom stereocenters. The van der Waals surface area contributed by atoms with Crippen LogP contribution in [0.25, 0.3) is 0 Å². The fourth-order valence-electron chi connectivity index (χ4n) is 0.786. The van der Waals surface area contributed by atoms with Crippen molar-refractivity contribution >= 4 is 0 Å². The van der Waals surface area contributed by atoms with Gasteiger partial charge in [-0.05, 0) is 18.4 Å². The molecule has 0 spiro atoms. The second kappa shape index (κ2) is 6.42. The van der Waals surface area contributed by atoms with Crippen LogP contribution >= 0.6 is 0 Å². The lowest BCUT2D eigenvalue weighted by Gasteiger charge is -1.92. The summed E-state index contributed by atoms with van der Waals surface area (Å²) in [7, 11) is 0. The van der Waals surface area contributed by atoms with Crippen LogP contribution in [0.1, 0.15) is 39.5 Å². The summed E-state index contributed by atoms with van der Waals surface area (Å²) in [6.45, 7) is 4.28. The maximum atomic E-state index is 5.25. The van der Waals surface area contributed by atoms with Gasteiger partial charge in [0, 0.05) is 0 Å². The van der Waals surface area contributed by atoms with Gasteiger partial charge in [-0.25, -0.2) is 0 Å². The van der Waals surface area contributed by atoms with Gasteiger partial charge in [-0.1, -0.05) is 38.7 Å². The maximum absolute atomic E-state index is 5.25. The van der Waals surface area contributed by atoms with E-state index in [-0.39, 0.29) is 0 Å². The molecule has 0 aromatic heterocycles. The molecule has 0 radical (unpaired) electrons. The van der Waals surface area contributed by atoms with E-state index in [0.717, 1.165) is 18.4 Å². The van der Waals surface area contributed by atoms with Crippen LogP contribution in [-0.2, 0) is 0 Å². The summed E-state index contributed by atoms with van der Waals surface area (Å²) in [4.78, 5) is 0. The van der Waals surface area contributed by atoms with E-state index in [9.17, 15) is 0 Å². The van der Waals surface area contributed by atoms with Crippen molar-refractivity contribution in [2.75, 3.05) is 0 Å². The highest BCUT2D eigenvalue weighted by molar-refractivity contribution is 5.24. The third-order valence-corrected chi connectivity index (χ3v) is 1.51. The zero-order valence-corrected chi connectivity index (χ0v) is 6.98. The first-order chi connectivity index (χ1) is 4.85. The summed E-state index contributed by atoms with van der Waals surface area (Å²) in [5.41, 5.74) is 1.15. The van der Waals surface area contributed by atoms with E-state index in [4.69, 9.17) is 6.42 Å². The molecule has 0 bridgehead atoms. The molecule has 0 aromatic carbocycles. The molecule has 0 nitrogen and oxygen atoms in total. The van der Waals surface area contributed by atoms with Crippen LogP contribution in [0.15, 0.2) is 11.6 Å². The van der Waals surface area contributed by atoms with E-state index in [2.05, 4.69) is 25.8 Å². The first-order valence-electron chi connectivity index (χ1n) is 4.00. The minimum Gasteiger partial charge on any atom is -0.115 e. The summed E-state index contributed by atoms with van der Waals surface area (Å²) < 4.78 is 0. The number of hydrogen-bond donors (Lipinski definition) is 0. The molecule has 0 aromatic rings. The number of terminal acetylenes is 1. The van der Waals surface area contributed by atoms with Crippen LogP contribution in [-0.4, -0.2) is 0 Å². The third-order valence-electron chi connectivity index (χ3n) is 1.51. The van der Waals surface area contributed by atoms with Gasteiger partial charge in [-0.15, -0.1) is 6.42 Å². The van der Waals surface area contributed by atoms with Gasteiger partial charge in [0.05, 0.1) is 0 Å². The average Bonchev–Trinajstić information content (AvgIpc) is 1.99. The van der Waals surface area contributed by atoms with Gasteiger partial charge in [0.2, 0.25) is 0 Å². The summed E-state index contributed by atoms with van der Waals surface area (Å²) in [6.07, 6.45) is 12.1. The van der Waals surface area contributed by atoms with Crippen molar-refractivity contribution in [3.8, 4) is 12.3 Å². The van der Waals surface area contributed by atoms with E-state index in [1.807, 2.05) is 0 Å². The monoisotopic (exact) mass is 136 g/mol. The normalized spacial score (nSPS) is 11.1. The molecule has 0 aliphatic carbocycles. The van der Waals surface area contributed by atoms with Gasteiger partial charge in [0.1, 0.15) is 0 Å². The molecular weight excluding hydrogens is 120 g/mol. The lowest BCUT2D eigenvalue weighted by atomic mass is 10.1. The van der Waals surface area contributed by atoms with E-state index in [1.165, 1.54) is 12.8 Å². The van der Waals surface area contributed by atoms with Crippen molar-refractivity contribution in [2.24, 2.45) is 0 Å². The predicted octanol–water partition coefficient (Wildman–Crippen LogP) is 3.15. The van der Waals surface area contributed by atoms with Crippen LogP contribution in [0, 0.1) is 12.3 Å². The second-order valence-electron chi connectivity index (χ2n) is 2.37. The van der Waals surface area contributed by atoms with Gasteiger partial charge in [-0.2, -0.15) is 0 Å². The quantitative estimate of drug-likeness (QED) is 0.411. The Morgan fingerprint density at radius 1 is 1.50 bits per heavy atom. The van der Waals surface area contributed by atoms with E-state index in [0.29, 0.717) is 0 Å². The van der Waals surface area contributed by atoms with Gasteiger partial charge in [0.15, 0.2) is 0 Å². The predicted molar refractivity (Wildman–Crippen MR) is 46.7 cm³/mol. The molecule has 0 fully saturated rings. The Morgan fingerprint density at radius 3 is 2.60 bits per heavy atom. The molecule has 0 unspecified atom stereocenters. The van der Waals surface area contributed by atoms with Crippen LogP contribution in [0.4, 0.5) is 0 Å². The van der Waals surface area contributed by atoms with E-state index < -0.39 is 0 Å². The molecule has 0 N–H and O–H groups in total. The van der Waals surface area contributed by atoms with Gasteiger partial charge < -0.3 is 0 Å². The molecule has 0 saturated heterocycles. The van der Waals surface area contributed by atoms with Crippen LogP contribution in [0.2, 0.25) is 0 Å². The van der Waals surface area contributed by atoms with E-state index >= 15 is 0 Å². The van der Waals surface area contributed by atoms with Crippen molar-refractivity contribution in [1.82, 2.24) is 0 Å². The number of unbranched alkanes of at least 4 members (excludes halogenated alkanes) is 2. The van der Waals surface area contributed by atoms with Crippen LogP contribution < -0.4 is 0 Å². The minimum atomic E-state index is 1.00. The SMILES string of the molecule is C#CC(=CCCCC)CC. The summed E-state index contributed by atoms with van der Waals surface area (Å²) in [6, 6.07) is 0. The number of hydrogen-bond acceptors (Lipinski definition) is 0. The van der Waals surface area contributed by atoms with Gasteiger partial charge in [0.25, 0.3) is 0 Å². The lowest BCUT2D eigenvalue weighted by Crippen LogP contribution is -1.75. The fourth-order valence-corrected chi connectivity index (χ4v) is 0.786. The summed E-state index contributed by atoms with van der Waals surface area (Å²) in [5.74, 6) is 2.67. The van der Waals surface area contributed by atoms with Crippen molar-refractivity contribution in [3.05, 3.63) is 11.6 Å². The van der Waals surface area contributed by atoms with E-state index in [1.54, 1.807) is 0 Å². The van der Waals surface area contributed by atoms with Gasteiger partial charge >= 0.3 is 0 Å². The zero-order valence-electron chi connectivity index (χ0n) is 6.98. The van der Waals surface area contributed by atoms with Crippen LogP contribution in [0.3, 0.4) is 0 Å². The first-order valence-corrected chi connectivity index (χ1v) is 4.00. The summed E-state index contributed by atoms with van der Waals surface area (Å²) in [5, 5.41) is 0.